The molecule has 0 unspecified atom stereocenters. The van der Waals surface area contributed by atoms with Gasteiger partial charge >= 0.3 is 0 Å². The summed E-state index contributed by atoms with van der Waals surface area (Å²) in [7, 11) is 0. The maximum Gasteiger partial charge on any atom is 0.225 e. The fraction of sp³-hybridized carbons (Fsp3) is 0.533. The van der Waals surface area contributed by atoms with Crippen LogP contribution in [0.15, 0.2) is 30.3 Å². The van der Waals surface area contributed by atoms with Crippen LogP contribution in [-0.2, 0) is 11.3 Å². The van der Waals surface area contributed by atoms with Crippen LogP contribution in [0.1, 0.15) is 39.2 Å². The summed E-state index contributed by atoms with van der Waals surface area (Å²) in [6, 6.07) is 10.2. The van der Waals surface area contributed by atoms with E-state index >= 15 is 0 Å². The van der Waals surface area contributed by atoms with Gasteiger partial charge in [-0.15, -0.1) is 0 Å². The second-order valence-electron chi connectivity index (χ2n) is 4.53. The largest absolute Gasteiger partial charge is 0.338 e. The number of carbonyl (C=O) groups is 1. The lowest BCUT2D eigenvalue weighted by Crippen LogP contribution is -2.34. The zero-order valence-electron chi connectivity index (χ0n) is 11.1. The molecule has 0 N–H and O–H groups in total. The van der Waals surface area contributed by atoms with Gasteiger partial charge in [-0.2, -0.15) is 0 Å². The minimum Gasteiger partial charge on any atom is -0.338 e. The van der Waals surface area contributed by atoms with Crippen molar-refractivity contribution in [2.45, 2.75) is 40.2 Å². The lowest BCUT2D eigenvalue weighted by Gasteiger charge is -2.24. The molecule has 0 aliphatic heterocycles. The predicted octanol–water partition coefficient (Wildman–Crippen LogP) is 3.47. The summed E-state index contributed by atoms with van der Waals surface area (Å²) in [6.45, 7) is 7.70. The molecular weight excluding hydrogens is 210 g/mol. The average molecular weight is 233 g/mol. The summed E-state index contributed by atoms with van der Waals surface area (Å²) in [4.78, 5) is 14.1. The Kier molecular flexibility index (Phi) is 5.75. The fourth-order valence-electron chi connectivity index (χ4n) is 2.02. The first-order valence-corrected chi connectivity index (χ1v) is 6.51. The Hall–Kier alpha value is -1.31. The number of rotatable bonds is 6. The molecule has 0 spiro atoms. The Labute approximate surface area is 105 Å². The van der Waals surface area contributed by atoms with Crippen LogP contribution >= 0.6 is 0 Å². The van der Waals surface area contributed by atoms with E-state index in [1.165, 1.54) is 5.56 Å². The number of hydrogen-bond donors (Lipinski definition) is 0. The molecule has 0 saturated heterocycles. The molecule has 17 heavy (non-hydrogen) atoms. The third kappa shape index (κ3) is 4.22. The number of nitrogens with zero attached hydrogens (tertiary/aromatic N) is 1. The van der Waals surface area contributed by atoms with E-state index in [2.05, 4.69) is 19.1 Å². The molecule has 0 saturated carbocycles. The molecule has 1 rings (SSSR count). The van der Waals surface area contributed by atoms with Crippen LogP contribution in [0.2, 0.25) is 0 Å². The maximum absolute atomic E-state index is 12.2. The van der Waals surface area contributed by atoms with E-state index < -0.39 is 0 Å². The van der Waals surface area contributed by atoms with Gasteiger partial charge in [-0.1, -0.05) is 50.6 Å². The fourth-order valence-corrected chi connectivity index (χ4v) is 2.02. The van der Waals surface area contributed by atoms with Gasteiger partial charge < -0.3 is 4.90 Å². The van der Waals surface area contributed by atoms with E-state index in [0.717, 1.165) is 25.9 Å². The molecular formula is C15H23NO. The van der Waals surface area contributed by atoms with E-state index in [1.54, 1.807) is 0 Å². The summed E-state index contributed by atoms with van der Waals surface area (Å²) >= 11 is 0. The predicted molar refractivity (Wildman–Crippen MR) is 71.6 cm³/mol. The molecule has 2 nitrogen and oxygen atoms in total. The van der Waals surface area contributed by atoms with Gasteiger partial charge in [-0.05, 0) is 18.9 Å². The van der Waals surface area contributed by atoms with E-state index in [-0.39, 0.29) is 11.8 Å². The first-order chi connectivity index (χ1) is 8.19. The third-order valence-corrected chi connectivity index (χ3v) is 3.05. The molecule has 0 bridgehead atoms. The number of hydrogen-bond acceptors (Lipinski definition) is 1. The Morgan fingerprint density at radius 2 is 1.88 bits per heavy atom. The molecule has 0 heterocycles. The van der Waals surface area contributed by atoms with Crippen molar-refractivity contribution in [3.63, 3.8) is 0 Å². The van der Waals surface area contributed by atoms with Gasteiger partial charge in [-0.25, -0.2) is 0 Å². The van der Waals surface area contributed by atoms with Crippen LogP contribution in [0.3, 0.4) is 0 Å². The molecule has 0 aliphatic carbocycles. The Morgan fingerprint density at radius 1 is 1.24 bits per heavy atom. The zero-order chi connectivity index (χ0) is 12.7. The van der Waals surface area contributed by atoms with Crippen LogP contribution in [0, 0.1) is 5.92 Å². The highest BCUT2D eigenvalue weighted by Gasteiger charge is 2.18. The van der Waals surface area contributed by atoms with Crippen molar-refractivity contribution in [3.05, 3.63) is 35.9 Å². The standard InChI is InChI=1S/C15H23NO/c1-4-9-13(3)15(17)16(5-2)12-14-10-7-6-8-11-14/h6-8,10-11,13H,4-5,9,12H2,1-3H3/t13-/m0/s1. The van der Waals surface area contributed by atoms with Crippen LogP contribution in [-0.4, -0.2) is 17.4 Å². The normalized spacial score (nSPS) is 12.2. The van der Waals surface area contributed by atoms with Crippen LogP contribution in [0.25, 0.3) is 0 Å². The minimum atomic E-state index is 0.142. The molecule has 1 atom stereocenters. The van der Waals surface area contributed by atoms with Crippen molar-refractivity contribution in [3.8, 4) is 0 Å². The van der Waals surface area contributed by atoms with Crippen molar-refractivity contribution in [1.29, 1.82) is 0 Å². The molecule has 1 aromatic rings. The second kappa shape index (κ2) is 7.10. The molecule has 0 aromatic heterocycles. The van der Waals surface area contributed by atoms with Gasteiger partial charge in [0, 0.05) is 19.0 Å². The first kappa shape index (κ1) is 13.8. The summed E-state index contributed by atoms with van der Waals surface area (Å²) in [6.07, 6.45) is 2.04. The second-order valence-corrected chi connectivity index (χ2v) is 4.53. The van der Waals surface area contributed by atoms with Crippen LogP contribution in [0.5, 0.6) is 0 Å². The van der Waals surface area contributed by atoms with Crippen molar-refractivity contribution in [1.82, 2.24) is 4.90 Å². The van der Waals surface area contributed by atoms with Crippen LogP contribution in [0.4, 0.5) is 0 Å². The lowest BCUT2D eigenvalue weighted by atomic mass is 10.0. The van der Waals surface area contributed by atoms with E-state index in [1.807, 2.05) is 36.9 Å². The van der Waals surface area contributed by atoms with E-state index in [4.69, 9.17) is 0 Å². The Balaban J connectivity index is 2.62. The van der Waals surface area contributed by atoms with Gasteiger partial charge in [0.2, 0.25) is 5.91 Å². The molecule has 0 aliphatic rings. The summed E-state index contributed by atoms with van der Waals surface area (Å²) in [5, 5.41) is 0. The maximum atomic E-state index is 12.2. The molecule has 2 heteroatoms. The lowest BCUT2D eigenvalue weighted by molar-refractivity contribution is -0.135. The Morgan fingerprint density at radius 3 is 2.41 bits per heavy atom. The third-order valence-electron chi connectivity index (χ3n) is 3.05. The van der Waals surface area contributed by atoms with Crippen molar-refractivity contribution in [2.75, 3.05) is 6.54 Å². The van der Waals surface area contributed by atoms with E-state index in [0.29, 0.717) is 0 Å². The van der Waals surface area contributed by atoms with Gasteiger partial charge in [0.25, 0.3) is 0 Å². The molecule has 0 radical (unpaired) electrons. The quantitative estimate of drug-likeness (QED) is 0.736. The minimum absolute atomic E-state index is 0.142. The van der Waals surface area contributed by atoms with Crippen molar-refractivity contribution < 1.29 is 4.79 Å². The summed E-state index contributed by atoms with van der Waals surface area (Å²) in [5.41, 5.74) is 1.20. The molecule has 1 amide bonds. The smallest absolute Gasteiger partial charge is 0.225 e. The highest BCUT2D eigenvalue weighted by molar-refractivity contribution is 5.78. The SMILES string of the molecule is CCC[C@H](C)C(=O)N(CC)Cc1ccccc1. The van der Waals surface area contributed by atoms with Crippen molar-refractivity contribution in [2.24, 2.45) is 5.92 Å². The average Bonchev–Trinajstić information content (AvgIpc) is 2.36. The topological polar surface area (TPSA) is 20.3 Å². The van der Waals surface area contributed by atoms with Crippen LogP contribution < -0.4 is 0 Å². The Bertz CT molecular complexity index is 334. The molecule has 94 valence electrons. The van der Waals surface area contributed by atoms with Gasteiger partial charge in [0.1, 0.15) is 0 Å². The van der Waals surface area contributed by atoms with E-state index in [9.17, 15) is 4.79 Å². The molecule has 0 fully saturated rings. The number of carbonyl (C=O) groups excluding carboxylic acids is 1. The van der Waals surface area contributed by atoms with Gasteiger partial charge in [0.05, 0.1) is 0 Å². The van der Waals surface area contributed by atoms with Crippen molar-refractivity contribution >= 4 is 5.91 Å². The van der Waals surface area contributed by atoms with Gasteiger partial charge in [-0.3, -0.25) is 4.79 Å². The van der Waals surface area contributed by atoms with Gasteiger partial charge in [0.15, 0.2) is 0 Å². The zero-order valence-corrected chi connectivity index (χ0v) is 11.1. The monoisotopic (exact) mass is 233 g/mol. The first-order valence-electron chi connectivity index (χ1n) is 6.51. The number of benzene rings is 1. The summed E-state index contributed by atoms with van der Waals surface area (Å²) < 4.78 is 0. The summed E-state index contributed by atoms with van der Waals surface area (Å²) in [5.74, 6) is 0.418. The highest BCUT2D eigenvalue weighted by Crippen LogP contribution is 2.12. The number of amides is 1. The highest BCUT2D eigenvalue weighted by atomic mass is 16.2. The molecule has 1 aromatic carbocycles.